The lowest BCUT2D eigenvalue weighted by Gasteiger charge is -2.14. The monoisotopic (exact) mass is 332 g/mol. The molecule has 1 atom stereocenters. The van der Waals surface area contributed by atoms with Gasteiger partial charge in [-0.3, -0.25) is 4.79 Å². The van der Waals surface area contributed by atoms with Gasteiger partial charge in [0.2, 0.25) is 15.9 Å². The van der Waals surface area contributed by atoms with Crippen molar-refractivity contribution < 1.29 is 13.2 Å². The van der Waals surface area contributed by atoms with Crippen molar-refractivity contribution in [2.24, 2.45) is 5.73 Å². The van der Waals surface area contributed by atoms with Crippen molar-refractivity contribution in [3.63, 3.8) is 0 Å². The van der Waals surface area contributed by atoms with Gasteiger partial charge >= 0.3 is 0 Å². The molecule has 0 aromatic heterocycles. The van der Waals surface area contributed by atoms with E-state index in [1.165, 1.54) is 29.8 Å². The van der Waals surface area contributed by atoms with Crippen molar-refractivity contribution >= 4 is 15.9 Å². The molecule has 2 aromatic carbocycles. The molecule has 1 amide bonds. The van der Waals surface area contributed by atoms with E-state index < -0.39 is 15.9 Å². The average Bonchev–Trinajstić information content (AvgIpc) is 2.53. The van der Waals surface area contributed by atoms with E-state index in [-0.39, 0.29) is 16.5 Å². The van der Waals surface area contributed by atoms with Crippen molar-refractivity contribution in [1.29, 1.82) is 0 Å². The number of carbonyl (C=O) groups excluding carboxylic acids is 1. The molecule has 0 saturated carbocycles. The number of aryl methyl sites for hydroxylation is 1. The normalized spacial score (nSPS) is 12.7. The Morgan fingerprint density at radius 2 is 1.70 bits per heavy atom. The Kier molecular flexibility index (Phi) is 5.52. The molecular weight excluding hydrogens is 312 g/mol. The van der Waals surface area contributed by atoms with Crippen LogP contribution in [0.3, 0.4) is 0 Å². The number of primary amides is 1. The highest BCUT2D eigenvalue weighted by Crippen LogP contribution is 2.12. The molecule has 0 spiro atoms. The summed E-state index contributed by atoms with van der Waals surface area (Å²) in [6.07, 6.45) is 1.49. The lowest BCUT2D eigenvalue weighted by molar-refractivity contribution is 0.1000. The summed E-state index contributed by atoms with van der Waals surface area (Å²) >= 11 is 0. The van der Waals surface area contributed by atoms with Gasteiger partial charge in [-0.05, 0) is 49.6 Å². The van der Waals surface area contributed by atoms with Gasteiger partial charge in [0.15, 0.2) is 0 Å². The fraction of sp³-hybridized carbons (Fsp3) is 0.235. The van der Waals surface area contributed by atoms with Crippen LogP contribution in [0.25, 0.3) is 0 Å². The number of nitrogens with two attached hydrogens (primary N) is 1. The van der Waals surface area contributed by atoms with E-state index >= 15 is 0 Å². The lowest BCUT2D eigenvalue weighted by Crippen LogP contribution is -2.33. The molecule has 0 heterocycles. The Bertz CT molecular complexity index is 756. The standard InChI is InChI=1S/C17H20N2O3S/c1-13(7-8-14-5-3-2-4-6-14)19-23(21,22)16-11-9-15(10-12-16)17(18)20/h2-6,9-13,19H,7-8H2,1H3,(H2,18,20)/t13-/m1/s1. The van der Waals surface area contributed by atoms with E-state index in [2.05, 4.69) is 4.72 Å². The van der Waals surface area contributed by atoms with Gasteiger partial charge in [-0.25, -0.2) is 13.1 Å². The number of hydrogen-bond acceptors (Lipinski definition) is 3. The van der Waals surface area contributed by atoms with Crippen LogP contribution in [0.5, 0.6) is 0 Å². The molecule has 0 aliphatic rings. The second-order valence-corrected chi connectivity index (χ2v) is 7.15. The first kappa shape index (κ1) is 17.2. The second-order valence-electron chi connectivity index (χ2n) is 5.44. The third-order valence-electron chi connectivity index (χ3n) is 3.51. The van der Waals surface area contributed by atoms with E-state index in [1.807, 2.05) is 37.3 Å². The third-order valence-corrected chi connectivity index (χ3v) is 5.12. The molecule has 23 heavy (non-hydrogen) atoms. The molecule has 0 fully saturated rings. The summed E-state index contributed by atoms with van der Waals surface area (Å²) in [7, 11) is -3.61. The summed E-state index contributed by atoms with van der Waals surface area (Å²) in [6, 6.07) is 15.3. The van der Waals surface area contributed by atoms with Crippen LogP contribution >= 0.6 is 0 Å². The number of benzene rings is 2. The van der Waals surface area contributed by atoms with Gasteiger partial charge in [0.1, 0.15) is 0 Å². The molecule has 0 aliphatic heterocycles. The highest BCUT2D eigenvalue weighted by Gasteiger charge is 2.17. The molecule has 0 unspecified atom stereocenters. The molecule has 2 rings (SSSR count). The van der Waals surface area contributed by atoms with E-state index in [1.54, 1.807) is 0 Å². The van der Waals surface area contributed by atoms with Crippen molar-refractivity contribution in [2.45, 2.75) is 30.7 Å². The number of hydrogen-bond donors (Lipinski definition) is 2. The largest absolute Gasteiger partial charge is 0.366 e. The minimum Gasteiger partial charge on any atom is -0.366 e. The number of amides is 1. The molecule has 5 nitrogen and oxygen atoms in total. The molecule has 0 radical (unpaired) electrons. The quantitative estimate of drug-likeness (QED) is 0.813. The van der Waals surface area contributed by atoms with Crippen molar-refractivity contribution in [3.8, 4) is 0 Å². The van der Waals surface area contributed by atoms with Gasteiger partial charge in [0.05, 0.1) is 4.90 Å². The Balaban J connectivity index is 1.98. The van der Waals surface area contributed by atoms with E-state index in [9.17, 15) is 13.2 Å². The summed E-state index contributed by atoms with van der Waals surface area (Å²) in [4.78, 5) is 11.1. The first-order valence-electron chi connectivity index (χ1n) is 7.34. The number of rotatable bonds is 7. The van der Waals surface area contributed by atoms with E-state index in [4.69, 9.17) is 5.73 Å². The molecule has 0 bridgehead atoms. The lowest BCUT2D eigenvalue weighted by atomic mass is 10.1. The molecular formula is C17H20N2O3S. The van der Waals surface area contributed by atoms with Crippen LogP contribution in [0.1, 0.15) is 29.3 Å². The SMILES string of the molecule is C[C@H](CCc1ccccc1)NS(=O)(=O)c1ccc(C(N)=O)cc1. The molecule has 6 heteroatoms. The maximum Gasteiger partial charge on any atom is 0.248 e. The van der Waals surface area contributed by atoms with Crippen LogP contribution in [-0.4, -0.2) is 20.4 Å². The predicted molar refractivity (Wildman–Crippen MR) is 89.5 cm³/mol. The highest BCUT2D eigenvalue weighted by molar-refractivity contribution is 7.89. The van der Waals surface area contributed by atoms with Gasteiger partial charge < -0.3 is 5.73 Å². The first-order chi connectivity index (χ1) is 10.9. The molecule has 0 aliphatic carbocycles. The average molecular weight is 332 g/mol. The molecule has 2 aromatic rings. The van der Waals surface area contributed by atoms with Crippen molar-refractivity contribution in [3.05, 3.63) is 65.7 Å². The van der Waals surface area contributed by atoms with Crippen LogP contribution < -0.4 is 10.5 Å². The predicted octanol–water partition coefficient (Wildman–Crippen LogP) is 2.09. The van der Waals surface area contributed by atoms with Crippen LogP contribution in [-0.2, 0) is 16.4 Å². The van der Waals surface area contributed by atoms with Gasteiger partial charge in [0.25, 0.3) is 0 Å². The van der Waals surface area contributed by atoms with Gasteiger partial charge in [-0.2, -0.15) is 0 Å². The smallest absolute Gasteiger partial charge is 0.248 e. The minimum atomic E-state index is -3.61. The van der Waals surface area contributed by atoms with Crippen LogP contribution in [0, 0.1) is 0 Å². The van der Waals surface area contributed by atoms with Crippen LogP contribution in [0.2, 0.25) is 0 Å². The van der Waals surface area contributed by atoms with Crippen molar-refractivity contribution in [2.75, 3.05) is 0 Å². The second kappa shape index (κ2) is 7.39. The molecule has 3 N–H and O–H groups in total. The van der Waals surface area contributed by atoms with Crippen LogP contribution in [0.4, 0.5) is 0 Å². The molecule has 0 saturated heterocycles. The number of sulfonamides is 1. The first-order valence-corrected chi connectivity index (χ1v) is 8.83. The topological polar surface area (TPSA) is 89.3 Å². The Hall–Kier alpha value is -2.18. The Morgan fingerprint density at radius 1 is 1.09 bits per heavy atom. The number of nitrogens with one attached hydrogen (secondary N) is 1. The summed E-state index contributed by atoms with van der Waals surface area (Å²) < 4.78 is 27.3. The highest BCUT2D eigenvalue weighted by atomic mass is 32.2. The van der Waals surface area contributed by atoms with E-state index in [0.717, 1.165) is 6.42 Å². The van der Waals surface area contributed by atoms with E-state index in [0.29, 0.717) is 6.42 Å². The molecule has 122 valence electrons. The number of carbonyl (C=O) groups is 1. The Morgan fingerprint density at radius 3 is 2.26 bits per heavy atom. The fourth-order valence-electron chi connectivity index (χ4n) is 2.22. The summed E-state index contributed by atoms with van der Waals surface area (Å²) in [6.45, 7) is 1.83. The Labute approximate surface area is 136 Å². The van der Waals surface area contributed by atoms with Gasteiger partial charge in [0, 0.05) is 11.6 Å². The maximum absolute atomic E-state index is 12.3. The fourth-order valence-corrected chi connectivity index (χ4v) is 3.50. The van der Waals surface area contributed by atoms with Gasteiger partial charge in [-0.15, -0.1) is 0 Å². The van der Waals surface area contributed by atoms with Gasteiger partial charge in [-0.1, -0.05) is 30.3 Å². The van der Waals surface area contributed by atoms with Crippen molar-refractivity contribution in [1.82, 2.24) is 4.72 Å². The minimum absolute atomic E-state index is 0.120. The van der Waals surface area contributed by atoms with Crippen LogP contribution in [0.15, 0.2) is 59.5 Å². The third kappa shape index (κ3) is 4.91. The summed E-state index contributed by atoms with van der Waals surface area (Å²) in [5.74, 6) is -0.585. The zero-order valence-electron chi connectivity index (χ0n) is 12.9. The maximum atomic E-state index is 12.3. The zero-order chi connectivity index (χ0) is 16.9. The summed E-state index contributed by atoms with van der Waals surface area (Å²) in [5, 5.41) is 0. The summed E-state index contributed by atoms with van der Waals surface area (Å²) in [5.41, 5.74) is 6.59. The zero-order valence-corrected chi connectivity index (χ0v) is 13.7.